The summed E-state index contributed by atoms with van der Waals surface area (Å²) in [7, 11) is 0. The third-order valence-electron chi connectivity index (χ3n) is 5.11. The molecule has 0 amide bonds. The summed E-state index contributed by atoms with van der Waals surface area (Å²) in [4.78, 5) is 14.6. The van der Waals surface area contributed by atoms with Crippen molar-refractivity contribution in [2.75, 3.05) is 23.3 Å². The van der Waals surface area contributed by atoms with E-state index in [0.29, 0.717) is 11.7 Å². The van der Waals surface area contributed by atoms with Crippen LogP contribution in [-0.4, -0.2) is 46.1 Å². The molecule has 1 N–H and O–H groups in total. The normalized spacial score (nSPS) is 23.6. The van der Waals surface area contributed by atoms with E-state index in [4.69, 9.17) is 4.74 Å². The van der Waals surface area contributed by atoms with Gasteiger partial charge in [0.15, 0.2) is 10.9 Å². The number of anilines is 2. The van der Waals surface area contributed by atoms with Gasteiger partial charge in [0.05, 0.1) is 16.8 Å². The Hall–Kier alpha value is -2.55. The molecule has 146 valence electrons. The lowest BCUT2D eigenvalue weighted by Crippen LogP contribution is -2.43. The molecule has 1 saturated carbocycles. The summed E-state index contributed by atoms with van der Waals surface area (Å²) in [5, 5.41) is 4.35. The molecule has 0 unspecified atom stereocenters. The van der Waals surface area contributed by atoms with Gasteiger partial charge < -0.3 is 15.0 Å². The van der Waals surface area contributed by atoms with Crippen molar-refractivity contribution in [3.05, 3.63) is 36.7 Å². The lowest BCUT2D eigenvalue weighted by Gasteiger charge is -2.35. The van der Waals surface area contributed by atoms with Crippen molar-refractivity contribution in [2.24, 2.45) is 0 Å². The number of ether oxygens (including phenoxy) is 1. The first-order valence-corrected chi connectivity index (χ1v) is 10.1. The van der Waals surface area contributed by atoms with Crippen LogP contribution in [0.15, 0.2) is 36.7 Å². The predicted octanol–water partition coefficient (Wildman–Crippen LogP) is 3.95. The number of benzene rings is 1. The largest absolute Gasteiger partial charge is 0.472 e. The molecular weight excluding hydrogens is 384 g/mol. The third kappa shape index (κ3) is 3.46. The van der Waals surface area contributed by atoms with Crippen molar-refractivity contribution in [3.63, 3.8) is 0 Å². The van der Waals surface area contributed by atoms with E-state index in [9.17, 15) is 8.78 Å². The quantitative estimate of drug-likeness (QED) is 0.696. The molecule has 2 aliphatic rings. The molecule has 3 heterocycles. The molecule has 9 heteroatoms. The van der Waals surface area contributed by atoms with Crippen molar-refractivity contribution in [1.82, 2.24) is 15.0 Å². The SMILES string of the molecule is FC1(F)CCN(c2nccnc2OC2CC(Nc3nc4ccccc4s3)C2)C1. The van der Waals surface area contributed by atoms with E-state index in [1.807, 2.05) is 18.2 Å². The monoisotopic (exact) mass is 403 g/mol. The number of nitrogens with one attached hydrogen (secondary N) is 1. The first kappa shape index (κ1) is 17.5. The van der Waals surface area contributed by atoms with Crippen molar-refractivity contribution < 1.29 is 13.5 Å². The number of rotatable bonds is 5. The van der Waals surface area contributed by atoms with Crippen LogP contribution >= 0.6 is 11.3 Å². The number of hydrogen-bond donors (Lipinski definition) is 1. The highest BCUT2D eigenvalue weighted by atomic mass is 32.1. The smallest absolute Gasteiger partial charge is 0.266 e. The average Bonchev–Trinajstić information content (AvgIpc) is 3.22. The Kier molecular flexibility index (Phi) is 4.26. The molecule has 0 atom stereocenters. The maximum absolute atomic E-state index is 13.5. The van der Waals surface area contributed by atoms with Crippen LogP contribution in [0.25, 0.3) is 10.2 Å². The molecule has 1 aromatic carbocycles. The summed E-state index contributed by atoms with van der Waals surface area (Å²) in [6.45, 7) is -0.0803. The molecular formula is C19H19F2N5OS. The summed E-state index contributed by atoms with van der Waals surface area (Å²) in [6, 6.07) is 8.32. The van der Waals surface area contributed by atoms with E-state index >= 15 is 0 Å². The van der Waals surface area contributed by atoms with Gasteiger partial charge in [-0.1, -0.05) is 23.5 Å². The van der Waals surface area contributed by atoms with Gasteiger partial charge in [0.25, 0.3) is 11.8 Å². The fourth-order valence-electron chi connectivity index (χ4n) is 3.58. The predicted molar refractivity (Wildman–Crippen MR) is 104 cm³/mol. The van der Waals surface area contributed by atoms with E-state index in [2.05, 4.69) is 26.3 Å². The zero-order valence-electron chi connectivity index (χ0n) is 15.0. The van der Waals surface area contributed by atoms with Gasteiger partial charge >= 0.3 is 0 Å². The summed E-state index contributed by atoms with van der Waals surface area (Å²) in [5.41, 5.74) is 0.994. The maximum Gasteiger partial charge on any atom is 0.266 e. The lowest BCUT2D eigenvalue weighted by atomic mass is 9.89. The minimum atomic E-state index is -2.68. The van der Waals surface area contributed by atoms with E-state index in [-0.39, 0.29) is 31.7 Å². The number of alkyl halides is 2. The van der Waals surface area contributed by atoms with Crippen molar-refractivity contribution in [1.29, 1.82) is 0 Å². The summed E-state index contributed by atoms with van der Waals surface area (Å²) >= 11 is 1.64. The second kappa shape index (κ2) is 6.80. The Morgan fingerprint density at radius 2 is 2.00 bits per heavy atom. The highest BCUT2D eigenvalue weighted by Crippen LogP contribution is 2.36. The third-order valence-corrected chi connectivity index (χ3v) is 6.08. The number of aromatic nitrogens is 3. The number of halogens is 2. The van der Waals surface area contributed by atoms with Crippen molar-refractivity contribution >= 4 is 32.5 Å². The molecule has 3 aromatic rings. The topological polar surface area (TPSA) is 63.2 Å². The Balaban J connectivity index is 1.20. The van der Waals surface area contributed by atoms with Gasteiger partial charge in [-0.2, -0.15) is 0 Å². The van der Waals surface area contributed by atoms with Crippen LogP contribution in [0.5, 0.6) is 5.88 Å². The van der Waals surface area contributed by atoms with Gasteiger partial charge in [-0.25, -0.2) is 23.7 Å². The van der Waals surface area contributed by atoms with Gasteiger partial charge in [0.1, 0.15) is 6.10 Å². The number of para-hydroxylation sites is 1. The van der Waals surface area contributed by atoms with Crippen LogP contribution in [0, 0.1) is 0 Å². The molecule has 2 aromatic heterocycles. The van der Waals surface area contributed by atoms with E-state index < -0.39 is 5.92 Å². The maximum atomic E-state index is 13.5. The Morgan fingerprint density at radius 3 is 2.79 bits per heavy atom. The van der Waals surface area contributed by atoms with Crippen molar-refractivity contribution in [2.45, 2.75) is 37.3 Å². The number of fused-ring (bicyclic) bond motifs is 1. The lowest BCUT2D eigenvalue weighted by molar-refractivity contribution is 0.0256. The molecule has 1 aliphatic heterocycles. The summed E-state index contributed by atoms with van der Waals surface area (Å²) < 4.78 is 34.2. The molecule has 0 spiro atoms. The molecule has 5 rings (SSSR count). The molecule has 28 heavy (non-hydrogen) atoms. The second-order valence-corrected chi connectivity index (χ2v) is 8.28. The first-order chi connectivity index (χ1) is 13.6. The number of nitrogens with zero attached hydrogens (tertiary/aromatic N) is 4. The first-order valence-electron chi connectivity index (χ1n) is 9.28. The van der Waals surface area contributed by atoms with Crippen LogP contribution in [0.2, 0.25) is 0 Å². The van der Waals surface area contributed by atoms with Crippen LogP contribution in [0.1, 0.15) is 19.3 Å². The molecule has 6 nitrogen and oxygen atoms in total. The van der Waals surface area contributed by atoms with Crippen LogP contribution in [0.3, 0.4) is 0 Å². The number of thiazole rings is 1. The van der Waals surface area contributed by atoms with E-state index in [1.165, 1.54) is 12.4 Å². The Bertz CT molecular complexity index is 958. The molecule has 1 aliphatic carbocycles. The minimum Gasteiger partial charge on any atom is -0.472 e. The van der Waals surface area contributed by atoms with Gasteiger partial charge in [-0.05, 0) is 12.1 Å². The molecule has 0 bridgehead atoms. The molecule has 0 radical (unpaired) electrons. The van der Waals surface area contributed by atoms with Crippen LogP contribution < -0.4 is 15.0 Å². The molecule has 1 saturated heterocycles. The fourth-order valence-corrected chi connectivity index (χ4v) is 4.52. The van der Waals surface area contributed by atoms with Crippen LogP contribution in [-0.2, 0) is 0 Å². The van der Waals surface area contributed by atoms with E-state index in [1.54, 1.807) is 16.2 Å². The van der Waals surface area contributed by atoms with Gasteiger partial charge in [0, 0.05) is 44.2 Å². The standard InChI is InChI=1S/C19H19F2N5OS/c20-19(21)5-8-26(11-19)16-17(23-7-6-22-16)27-13-9-12(10-13)24-18-25-14-3-1-2-4-15(14)28-18/h1-4,6-7,12-13H,5,8-11H2,(H,24,25). The van der Waals surface area contributed by atoms with Crippen LogP contribution in [0.4, 0.5) is 19.7 Å². The Morgan fingerprint density at radius 1 is 1.18 bits per heavy atom. The Labute approximate surface area is 164 Å². The average molecular weight is 403 g/mol. The second-order valence-electron chi connectivity index (χ2n) is 7.25. The number of hydrogen-bond acceptors (Lipinski definition) is 7. The van der Waals surface area contributed by atoms with Gasteiger partial charge in [-0.3, -0.25) is 0 Å². The minimum absolute atomic E-state index is 0.00885. The summed E-state index contributed by atoms with van der Waals surface area (Å²) in [6.07, 6.45) is 4.48. The zero-order chi connectivity index (χ0) is 19.1. The highest BCUT2D eigenvalue weighted by molar-refractivity contribution is 7.22. The van der Waals surface area contributed by atoms with Gasteiger partial charge in [-0.15, -0.1) is 0 Å². The van der Waals surface area contributed by atoms with Crippen molar-refractivity contribution in [3.8, 4) is 5.88 Å². The summed E-state index contributed by atoms with van der Waals surface area (Å²) in [5.74, 6) is -1.94. The molecule has 2 fully saturated rings. The highest BCUT2D eigenvalue weighted by Gasteiger charge is 2.40. The van der Waals surface area contributed by atoms with Gasteiger partial charge in [0.2, 0.25) is 0 Å². The fraction of sp³-hybridized carbons (Fsp3) is 0.421. The zero-order valence-corrected chi connectivity index (χ0v) is 15.8. The van der Waals surface area contributed by atoms with E-state index in [0.717, 1.165) is 28.2 Å².